The molecule has 0 radical (unpaired) electrons. The van der Waals surface area contributed by atoms with E-state index in [1.54, 1.807) is 0 Å². The molecule has 2 aliphatic rings. The van der Waals surface area contributed by atoms with E-state index in [0.717, 1.165) is 12.6 Å². The van der Waals surface area contributed by atoms with Crippen LogP contribution >= 0.6 is 0 Å². The SMILES string of the molecule is CCC1(CC)CCN(c2ccnc(CNC3CC3)c2)C1. The van der Waals surface area contributed by atoms with Crippen LogP contribution in [0.3, 0.4) is 0 Å². The Morgan fingerprint density at radius 2 is 2.15 bits per heavy atom. The van der Waals surface area contributed by atoms with E-state index in [-0.39, 0.29) is 0 Å². The van der Waals surface area contributed by atoms with Gasteiger partial charge in [0.05, 0.1) is 5.69 Å². The van der Waals surface area contributed by atoms with Crippen LogP contribution in [0.25, 0.3) is 0 Å². The highest BCUT2D eigenvalue weighted by Gasteiger charge is 2.35. The van der Waals surface area contributed by atoms with E-state index < -0.39 is 0 Å². The Hall–Kier alpha value is -1.09. The monoisotopic (exact) mass is 273 g/mol. The fraction of sp³-hybridized carbons (Fsp3) is 0.706. The normalized spacial score (nSPS) is 21.4. The Kier molecular flexibility index (Phi) is 3.97. The van der Waals surface area contributed by atoms with Crippen LogP contribution in [-0.4, -0.2) is 24.1 Å². The first-order valence-corrected chi connectivity index (χ1v) is 8.18. The first-order valence-electron chi connectivity index (χ1n) is 8.18. The predicted molar refractivity (Wildman–Crippen MR) is 83.9 cm³/mol. The van der Waals surface area contributed by atoms with Crippen LogP contribution in [0.2, 0.25) is 0 Å². The molecule has 1 aromatic rings. The Morgan fingerprint density at radius 3 is 2.80 bits per heavy atom. The standard InChI is InChI=1S/C17H27N3/c1-3-17(4-2)8-10-20(13-17)16-7-9-18-15(11-16)12-19-14-5-6-14/h7,9,11,14,19H,3-6,8,10,12-13H2,1-2H3. The Morgan fingerprint density at radius 1 is 1.35 bits per heavy atom. The van der Waals surface area contributed by atoms with Crippen LogP contribution in [0.5, 0.6) is 0 Å². The van der Waals surface area contributed by atoms with Crippen molar-refractivity contribution in [1.29, 1.82) is 0 Å². The summed E-state index contributed by atoms with van der Waals surface area (Å²) in [6.45, 7) is 7.99. The largest absolute Gasteiger partial charge is 0.371 e. The lowest BCUT2D eigenvalue weighted by atomic mass is 9.82. The minimum Gasteiger partial charge on any atom is -0.371 e. The van der Waals surface area contributed by atoms with Gasteiger partial charge in [-0.25, -0.2) is 0 Å². The molecule has 1 aromatic heterocycles. The van der Waals surface area contributed by atoms with Crippen LogP contribution < -0.4 is 10.2 Å². The van der Waals surface area contributed by atoms with Gasteiger partial charge in [-0.1, -0.05) is 13.8 Å². The summed E-state index contributed by atoms with van der Waals surface area (Å²) in [6.07, 6.45) is 8.56. The van der Waals surface area contributed by atoms with Crippen molar-refractivity contribution < 1.29 is 0 Å². The van der Waals surface area contributed by atoms with Crippen molar-refractivity contribution in [2.45, 2.75) is 58.5 Å². The smallest absolute Gasteiger partial charge is 0.0562 e. The summed E-state index contributed by atoms with van der Waals surface area (Å²) < 4.78 is 0. The third-order valence-electron chi connectivity index (χ3n) is 5.25. The molecular formula is C17H27N3. The maximum absolute atomic E-state index is 4.50. The second-order valence-electron chi connectivity index (χ2n) is 6.54. The number of hydrogen-bond donors (Lipinski definition) is 1. The molecule has 0 bridgehead atoms. The van der Waals surface area contributed by atoms with Gasteiger partial charge in [-0.3, -0.25) is 4.98 Å². The van der Waals surface area contributed by atoms with Crippen LogP contribution in [-0.2, 0) is 6.54 Å². The molecule has 3 heteroatoms. The maximum Gasteiger partial charge on any atom is 0.0562 e. The molecule has 2 heterocycles. The van der Waals surface area contributed by atoms with E-state index in [4.69, 9.17) is 0 Å². The Bertz CT molecular complexity index is 449. The molecule has 1 N–H and O–H groups in total. The van der Waals surface area contributed by atoms with Gasteiger partial charge < -0.3 is 10.2 Å². The average Bonchev–Trinajstić information content (AvgIpc) is 3.23. The zero-order chi connectivity index (χ0) is 14.0. The van der Waals surface area contributed by atoms with Gasteiger partial charge in [-0.2, -0.15) is 0 Å². The summed E-state index contributed by atoms with van der Waals surface area (Å²) in [6, 6.07) is 5.19. The van der Waals surface area contributed by atoms with Gasteiger partial charge >= 0.3 is 0 Å². The van der Waals surface area contributed by atoms with Crippen molar-refractivity contribution in [3.63, 3.8) is 0 Å². The fourth-order valence-electron chi connectivity index (χ4n) is 3.28. The summed E-state index contributed by atoms with van der Waals surface area (Å²) in [5.74, 6) is 0. The lowest BCUT2D eigenvalue weighted by Crippen LogP contribution is -2.26. The molecule has 0 aromatic carbocycles. The van der Waals surface area contributed by atoms with E-state index >= 15 is 0 Å². The second kappa shape index (κ2) is 5.72. The first kappa shape index (κ1) is 13.9. The van der Waals surface area contributed by atoms with E-state index in [2.05, 4.69) is 41.2 Å². The zero-order valence-corrected chi connectivity index (χ0v) is 12.9. The van der Waals surface area contributed by atoms with Gasteiger partial charge in [0.1, 0.15) is 0 Å². The Balaban J connectivity index is 1.66. The van der Waals surface area contributed by atoms with E-state index in [1.807, 2.05) is 6.20 Å². The minimum atomic E-state index is 0.537. The molecule has 0 atom stereocenters. The molecule has 0 amide bonds. The summed E-state index contributed by atoms with van der Waals surface area (Å²) in [5.41, 5.74) is 3.08. The van der Waals surface area contributed by atoms with E-state index in [1.165, 1.54) is 56.6 Å². The Labute approximate surface area is 122 Å². The zero-order valence-electron chi connectivity index (χ0n) is 12.9. The highest BCUT2D eigenvalue weighted by Crippen LogP contribution is 2.38. The van der Waals surface area contributed by atoms with Crippen LogP contribution in [0.15, 0.2) is 18.3 Å². The average molecular weight is 273 g/mol. The molecule has 3 nitrogen and oxygen atoms in total. The summed E-state index contributed by atoms with van der Waals surface area (Å²) in [7, 11) is 0. The van der Waals surface area contributed by atoms with Crippen molar-refractivity contribution in [1.82, 2.24) is 10.3 Å². The number of anilines is 1. The molecule has 0 spiro atoms. The number of nitrogens with one attached hydrogen (secondary N) is 1. The first-order chi connectivity index (χ1) is 9.74. The molecule has 1 aliphatic heterocycles. The second-order valence-corrected chi connectivity index (χ2v) is 6.54. The van der Waals surface area contributed by atoms with Crippen LogP contribution in [0.1, 0.15) is 51.6 Å². The number of hydrogen-bond acceptors (Lipinski definition) is 3. The fourth-order valence-corrected chi connectivity index (χ4v) is 3.28. The summed E-state index contributed by atoms with van der Waals surface area (Å²) >= 11 is 0. The van der Waals surface area contributed by atoms with Crippen LogP contribution in [0.4, 0.5) is 5.69 Å². The highest BCUT2D eigenvalue weighted by molar-refractivity contribution is 5.48. The third kappa shape index (κ3) is 2.98. The lowest BCUT2D eigenvalue weighted by molar-refractivity contribution is 0.301. The molecule has 1 aliphatic carbocycles. The maximum atomic E-state index is 4.50. The van der Waals surface area contributed by atoms with Crippen molar-refractivity contribution in [2.75, 3.05) is 18.0 Å². The van der Waals surface area contributed by atoms with Gasteiger partial charge in [-0.15, -0.1) is 0 Å². The molecule has 0 unspecified atom stereocenters. The lowest BCUT2D eigenvalue weighted by Gasteiger charge is -2.27. The molecule has 1 saturated carbocycles. The van der Waals surface area contributed by atoms with E-state index in [9.17, 15) is 0 Å². The predicted octanol–water partition coefficient (Wildman–Crippen LogP) is 3.35. The third-order valence-corrected chi connectivity index (χ3v) is 5.25. The number of nitrogens with zero attached hydrogens (tertiary/aromatic N) is 2. The molecule has 1 saturated heterocycles. The number of rotatable bonds is 6. The van der Waals surface area contributed by atoms with Crippen molar-refractivity contribution >= 4 is 5.69 Å². The topological polar surface area (TPSA) is 28.2 Å². The van der Waals surface area contributed by atoms with Gasteiger partial charge in [0.25, 0.3) is 0 Å². The van der Waals surface area contributed by atoms with Gasteiger partial charge in [-0.05, 0) is 49.7 Å². The molecule has 2 fully saturated rings. The summed E-state index contributed by atoms with van der Waals surface area (Å²) in [5, 5.41) is 3.55. The number of aromatic nitrogens is 1. The van der Waals surface area contributed by atoms with Gasteiger partial charge in [0.2, 0.25) is 0 Å². The van der Waals surface area contributed by atoms with Crippen molar-refractivity contribution in [3.8, 4) is 0 Å². The van der Waals surface area contributed by atoms with Gasteiger partial charge in [0.15, 0.2) is 0 Å². The van der Waals surface area contributed by atoms with Gasteiger partial charge in [0, 0.05) is 37.6 Å². The molecule has 20 heavy (non-hydrogen) atoms. The van der Waals surface area contributed by atoms with Crippen LogP contribution in [0, 0.1) is 5.41 Å². The quantitative estimate of drug-likeness (QED) is 0.861. The molecule has 3 rings (SSSR count). The number of pyridine rings is 1. The van der Waals surface area contributed by atoms with Crippen molar-refractivity contribution in [3.05, 3.63) is 24.0 Å². The summed E-state index contributed by atoms with van der Waals surface area (Å²) in [4.78, 5) is 7.05. The minimum absolute atomic E-state index is 0.537. The molecular weight excluding hydrogens is 246 g/mol. The molecule has 110 valence electrons. The van der Waals surface area contributed by atoms with Crippen molar-refractivity contribution in [2.24, 2.45) is 5.41 Å². The van der Waals surface area contributed by atoms with E-state index in [0.29, 0.717) is 5.41 Å². The highest BCUT2D eigenvalue weighted by atomic mass is 15.2.